The number of nitrogens with one attached hydrogen (secondary N) is 1. The van der Waals surface area contributed by atoms with Crippen LogP contribution in [0.15, 0.2) is 30.3 Å². The highest BCUT2D eigenvalue weighted by Crippen LogP contribution is 2.28. The van der Waals surface area contributed by atoms with Crippen LogP contribution in [0.5, 0.6) is 0 Å². The lowest BCUT2D eigenvalue weighted by Crippen LogP contribution is -2.28. The smallest absolute Gasteiger partial charge is 0.00780 e. The van der Waals surface area contributed by atoms with Crippen molar-refractivity contribution in [3.63, 3.8) is 0 Å². The highest BCUT2D eigenvalue weighted by molar-refractivity contribution is 7.99. The topological polar surface area (TPSA) is 12.0 Å². The van der Waals surface area contributed by atoms with E-state index >= 15 is 0 Å². The van der Waals surface area contributed by atoms with Gasteiger partial charge in [0.1, 0.15) is 0 Å². The summed E-state index contributed by atoms with van der Waals surface area (Å²) in [7, 11) is 0. The van der Waals surface area contributed by atoms with Crippen molar-refractivity contribution in [2.75, 3.05) is 12.8 Å². The van der Waals surface area contributed by atoms with Crippen LogP contribution >= 0.6 is 11.8 Å². The second kappa shape index (κ2) is 7.20. The predicted octanol–water partition coefficient (Wildman–Crippen LogP) is 4.05. The largest absolute Gasteiger partial charge is 0.314 e. The Morgan fingerprint density at radius 3 is 2.72 bits per heavy atom. The maximum atomic E-state index is 3.73. The molecule has 1 aliphatic rings. The molecule has 3 unspecified atom stereocenters. The van der Waals surface area contributed by atoms with Crippen LogP contribution in [-0.4, -0.2) is 24.1 Å². The molecule has 2 rings (SSSR count). The highest BCUT2D eigenvalue weighted by Gasteiger charge is 2.23. The van der Waals surface area contributed by atoms with Crippen molar-refractivity contribution in [2.45, 2.75) is 49.8 Å². The first kappa shape index (κ1) is 14.0. The summed E-state index contributed by atoms with van der Waals surface area (Å²) in [5.41, 5.74) is 1.47. The molecule has 0 heterocycles. The normalized spacial score (nSPS) is 25.2. The number of hydrogen-bond acceptors (Lipinski definition) is 2. The molecule has 0 radical (unpaired) electrons. The van der Waals surface area contributed by atoms with Crippen molar-refractivity contribution in [3.05, 3.63) is 35.9 Å². The third-order valence-corrected chi connectivity index (χ3v) is 5.19. The van der Waals surface area contributed by atoms with Crippen molar-refractivity contribution in [1.82, 2.24) is 5.32 Å². The average molecular weight is 263 g/mol. The van der Waals surface area contributed by atoms with Crippen LogP contribution in [0.2, 0.25) is 0 Å². The molecular formula is C16H25NS. The molecule has 1 N–H and O–H groups in total. The van der Waals surface area contributed by atoms with Gasteiger partial charge in [0.15, 0.2) is 0 Å². The van der Waals surface area contributed by atoms with Gasteiger partial charge in [-0.2, -0.15) is 11.8 Å². The van der Waals surface area contributed by atoms with Crippen molar-refractivity contribution in [3.8, 4) is 0 Å². The maximum Gasteiger partial charge on any atom is 0.00780 e. The lowest BCUT2D eigenvalue weighted by molar-refractivity contribution is 0.498. The molecule has 3 atom stereocenters. The van der Waals surface area contributed by atoms with E-state index in [0.29, 0.717) is 5.92 Å². The fourth-order valence-corrected chi connectivity index (χ4v) is 3.59. The zero-order valence-corrected chi connectivity index (χ0v) is 12.4. The summed E-state index contributed by atoms with van der Waals surface area (Å²) in [5, 5.41) is 4.63. The van der Waals surface area contributed by atoms with E-state index in [-0.39, 0.29) is 0 Å². The summed E-state index contributed by atoms with van der Waals surface area (Å²) < 4.78 is 0. The second-order valence-electron chi connectivity index (χ2n) is 5.42. The number of rotatable bonds is 6. The summed E-state index contributed by atoms with van der Waals surface area (Å²) in [4.78, 5) is 0. The van der Waals surface area contributed by atoms with Crippen molar-refractivity contribution in [2.24, 2.45) is 0 Å². The molecule has 1 aromatic rings. The summed E-state index contributed by atoms with van der Waals surface area (Å²) in [6, 6.07) is 11.6. The van der Waals surface area contributed by atoms with Gasteiger partial charge in [-0.3, -0.25) is 0 Å². The predicted molar refractivity (Wildman–Crippen MR) is 82.4 cm³/mol. The van der Waals surface area contributed by atoms with E-state index in [1.54, 1.807) is 0 Å². The molecular weight excluding hydrogens is 238 g/mol. The van der Waals surface area contributed by atoms with Crippen LogP contribution in [0.3, 0.4) is 0 Å². The molecule has 0 aliphatic heterocycles. The van der Waals surface area contributed by atoms with Crippen molar-refractivity contribution in [1.29, 1.82) is 0 Å². The Balaban J connectivity index is 1.67. The molecule has 18 heavy (non-hydrogen) atoms. The minimum absolute atomic E-state index is 0.663. The van der Waals surface area contributed by atoms with E-state index in [0.717, 1.165) is 17.8 Å². The van der Waals surface area contributed by atoms with Crippen LogP contribution in [0.4, 0.5) is 0 Å². The molecule has 2 heteroatoms. The number of thioether (sulfide) groups is 1. The van der Waals surface area contributed by atoms with Gasteiger partial charge in [-0.15, -0.1) is 0 Å². The zero-order chi connectivity index (χ0) is 12.8. The first-order chi connectivity index (χ1) is 8.79. The minimum Gasteiger partial charge on any atom is -0.314 e. The second-order valence-corrected chi connectivity index (χ2v) is 6.56. The van der Waals surface area contributed by atoms with Gasteiger partial charge in [0.25, 0.3) is 0 Å². The molecule has 0 spiro atoms. The molecule has 100 valence electrons. The van der Waals surface area contributed by atoms with Crippen molar-refractivity contribution >= 4 is 11.8 Å². The Morgan fingerprint density at radius 2 is 2.06 bits per heavy atom. The molecule has 1 aliphatic carbocycles. The van der Waals surface area contributed by atoms with Crippen LogP contribution in [0.25, 0.3) is 0 Å². The lowest BCUT2D eigenvalue weighted by atomic mass is 9.98. The Morgan fingerprint density at radius 1 is 1.28 bits per heavy atom. The number of hydrogen-bond donors (Lipinski definition) is 1. The van der Waals surface area contributed by atoms with Gasteiger partial charge in [0, 0.05) is 11.3 Å². The van der Waals surface area contributed by atoms with Gasteiger partial charge in [0.2, 0.25) is 0 Å². The van der Waals surface area contributed by atoms with E-state index in [9.17, 15) is 0 Å². The highest BCUT2D eigenvalue weighted by atomic mass is 32.2. The zero-order valence-electron chi connectivity index (χ0n) is 11.6. The maximum absolute atomic E-state index is 3.73. The van der Waals surface area contributed by atoms with Crippen LogP contribution < -0.4 is 5.32 Å². The van der Waals surface area contributed by atoms with Crippen molar-refractivity contribution < 1.29 is 0 Å². The third kappa shape index (κ3) is 4.03. The summed E-state index contributed by atoms with van der Waals surface area (Å²) >= 11 is 2.03. The molecule has 0 bridgehead atoms. The van der Waals surface area contributed by atoms with Crippen LogP contribution in [-0.2, 0) is 0 Å². The summed E-state index contributed by atoms with van der Waals surface area (Å²) in [6.07, 6.45) is 7.61. The molecule has 1 aromatic carbocycles. The molecule has 1 fully saturated rings. The molecule has 1 saturated carbocycles. The summed E-state index contributed by atoms with van der Waals surface area (Å²) in [5.74, 6) is 0.663. The van der Waals surface area contributed by atoms with Gasteiger partial charge in [-0.1, -0.05) is 37.3 Å². The standard InChI is InChI=1S/C16H25NS/c1-13(14-6-4-3-5-7-14)10-11-17-15-8-9-16(12-15)18-2/h3-7,13,15-17H,8-12H2,1-2H3. The van der Waals surface area contributed by atoms with Gasteiger partial charge >= 0.3 is 0 Å². The van der Waals surface area contributed by atoms with Gasteiger partial charge in [-0.25, -0.2) is 0 Å². The first-order valence-corrected chi connectivity index (χ1v) is 8.39. The Hall–Kier alpha value is -0.470. The molecule has 0 amide bonds. The van der Waals surface area contributed by atoms with E-state index in [4.69, 9.17) is 0 Å². The van der Waals surface area contributed by atoms with Gasteiger partial charge in [0.05, 0.1) is 0 Å². The van der Waals surface area contributed by atoms with Crippen LogP contribution in [0, 0.1) is 0 Å². The fourth-order valence-electron chi connectivity index (χ4n) is 2.79. The molecule has 0 aromatic heterocycles. The Labute approximate surface area is 116 Å². The average Bonchev–Trinajstić information content (AvgIpc) is 2.87. The molecule has 1 nitrogen and oxygen atoms in total. The minimum atomic E-state index is 0.663. The third-order valence-electron chi connectivity index (χ3n) is 4.10. The monoisotopic (exact) mass is 263 g/mol. The fraction of sp³-hybridized carbons (Fsp3) is 0.625. The van der Waals surface area contributed by atoms with E-state index in [1.165, 1.54) is 31.2 Å². The SMILES string of the molecule is CSC1CCC(NCCC(C)c2ccccc2)C1. The lowest BCUT2D eigenvalue weighted by Gasteiger charge is -2.16. The number of benzene rings is 1. The first-order valence-electron chi connectivity index (χ1n) is 7.10. The quantitative estimate of drug-likeness (QED) is 0.831. The van der Waals surface area contributed by atoms with E-state index < -0.39 is 0 Å². The summed E-state index contributed by atoms with van der Waals surface area (Å²) in [6.45, 7) is 3.48. The Bertz CT molecular complexity index is 338. The van der Waals surface area contributed by atoms with Gasteiger partial charge in [-0.05, 0) is 50.0 Å². The molecule has 0 saturated heterocycles. The van der Waals surface area contributed by atoms with Gasteiger partial charge < -0.3 is 5.32 Å². The Kier molecular flexibility index (Phi) is 5.58. The van der Waals surface area contributed by atoms with E-state index in [2.05, 4.69) is 48.8 Å². The van der Waals surface area contributed by atoms with Crippen LogP contribution in [0.1, 0.15) is 44.1 Å². The van der Waals surface area contributed by atoms with E-state index in [1.807, 2.05) is 11.8 Å².